The lowest BCUT2D eigenvalue weighted by Gasteiger charge is -2.09. The summed E-state index contributed by atoms with van der Waals surface area (Å²) in [6.07, 6.45) is 1.16. The zero-order chi connectivity index (χ0) is 12.8. The Hall–Kier alpha value is -1.64. The van der Waals surface area contributed by atoms with Crippen LogP contribution in [-0.2, 0) is 22.4 Å². The Morgan fingerprint density at radius 2 is 1.94 bits per heavy atom. The van der Waals surface area contributed by atoms with E-state index in [1.807, 2.05) is 19.1 Å². The number of hydrogen-bond donors (Lipinski definition) is 0. The molecule has 0 aliphatic rings. The second kappa shape index (κ2) is 6.18. The van der Waals surface area contributed by atoms with Crippen molar-refractivity contribution in [1.29, 1.82) is 0 Å². The summed E-state index contributed by atoms with van der Waals surface area (Å²) in [4.78, 5) is 22.9. The molecule has 17 heavy (non-hydrogen) atoms. The molecule has 92 valence electrons. The van der Waals surface area contributed by atoms with Crippen LogP contribution in [0.2, 0.25) is 0 Å². The van der Waals surface area contributed by atoms with E-state index < -0.39 is 0 Å². The van der Waals surface area contributed by atoms with Gasteiger partial charge in [-0.2, -0.15) is 0 Å². The highest BCUT2D eigenvalue weighted by molar-refractivity contribution is 5.93. The number of carbonyl (C=O) groups is 2. The molecule has 0 spiro atoms. The minimum atomic E-state index is -0.355. The highest BCUT2D eigenvalue weighted by Crippen LogP contribution is 2.15. The van der Waals surface area contributed by atoms with E-state index in [0.717, 1.165) is 17.5 Å². The molecule has 0 aliphatic carbocycles. The summed E-state index contributed by atoms with van der Waals surface area (Å²) in [6, 6.07) is 5.55. The van der Waals surface area contributed by atoms with Gasteiger partial charge in [0.05, 0.1) is 12.2 Å². The lowest BCUT2D eigenvalue weighted by Crippen LogP contribution is -2.10. The molecule has 0 atom stereocenters. The quantitative estimate of drug-likeness (QED) is 0.735. The van der Waals surface area contributed by atoms with Crippen LogP contribution in [0.5, 0.6) is 0 Å². The van der Waals surface area contributed by atoms with Crippen LogP contribution in [-0.4, -0.2) is 18.4 Å². The first-order chi connectivity index (χ1) is 8.08. The normalized spacial score (nSPS) is 10.1. The third-order valence-electron chi connectivity index (χ3n) is 2.51. The van der Waals surface area contributed by atoms with Crippen molar-refractivity contribution >= 4 is 11.8 Å². The number of ketones is 1. The Morgan fingerprint density at radius 3 is 2.47 bits per heavy atom. The number of esters is 1. The number of carbonyl (C=O) groups excluding carboxylic acids is 2. The Morgan fingerprint density at radius 1 is 1.24 bits per heavy atom. The van der Waals surface area contributed by atoms with Crippen molar-refractivity contribution in [1.82, 2.24) is 0 Å². The second-order valence-electron chi connectivity index (χ2n) is 3.94. The largest absolute Gasteiger partial charge is 0.462 e. The van der Waals surface area contributed by atoms with Gasteiger partial charge >= 0.3 is 5.97 Å². The van der Waals surface area contributed by atoms with Gasteiger partial charge < -0.3 is 4.74 Å². The van der Waals surface area contributed by atoms with Crippen molar-refractivity contribution in [3.05, 3.63) is 34.9 Å². The van der Waals surface area contributed by atoms with E-state index in [1.165, 1.54) is 6.92 Å². The van der Waals surface area contributed by atoms with Gasteiger partial charge in [-0.3, -0.25) is 4.79 Å². The highest BCUT2D eigenvalue weighted by Gasteiger charge is 2.13. The zero-order valence-corrected chi connectivity index (χ0v) is 10.6. The Labute approximate surface area is 102 Å². The van der Waals surface area contributed by atoms with Crippen molar-refractivity contribution < 1.29 is 14.3 Å². The summed E-state index contributed by atoms with van der Waals surface area (Å²) in [6.45, 7) is 5.67. The van der Waals surface area contributed by atoms with E-state index in [-0.39, 0.29) is 18.2 Å². The van der Waals surface area contributed by atoms with Gasteiger partial charge in [0, 0.05) is 6.42 Å². The molecule has 0 saturated carbocycles. The van der Waals surface area contributed by atoms with Gasteiger partial charge in [-0.25, -0.2) is 4.79 Å². The number of ether oxygens (including phenoxy) is 1. The zero-order valence-electron chi connectivity index (χ0n) is 10.6. The van der Waals surface area contributed by atoms with E-state index in [9.17, 15) is 9.59 Å². The highest BCUT2D eigenvalue weighted by atomic mass is 16.5. The summed E-state index contributed by atoms with van der Waals surface area (Å²) in [5.74, 6) is -0.310. The monoisotopic (exact) mass is 234 g/mol. The van der Waals surface area contributed by atoms with Crippen molar-refractivity contribution in [3.8, 4) is 0 Å². The molecule has 0 unspecified atom stereocenters. The third-order valence-corrected chi connectivity index (χ3v) is 2.51. The number of rotatable bonds is 5. The number of hydrogen-bond acceptors (Lipinski definition) is 3. The van der Waals surface area contributed by atoms with Crippen LogP contribution in [0.15, 0.2) is 18.2 Å². The molecule has 0 fully saturated rings. The smallest absolute Gasteiger partial charge is 0.338 e. The molecule has 0 saturated heterocycles. The van der Waals surface area contributed by atoms with Gasteiger partial charge in [-0.05, 0) is 37.5 Å². The second-order valence-corrected chi connectivity index (χ2v) is 3.94. The van der Waals surface area contributed by atoms with E-state index >= 15 is 0 Å². The van der Waals surface area contributed by atoms with E-state index in [1.54, 1.807) is 13.0 Å². The molecule has 0 bridgehead atoms. The first-order valence-corrected chi connectivity index (χ1v) is 5.86. The first kappa shape index (κ1) is 13.4. The van der Waals surface area contributed by atoms with Gasteiger partial charge in [0.2, 0.25) is 0 Å². The number of Topliss-reactive ketones (excluding diaryl/α,β-unsaturated/α-hetero) is 1. The molecule has 0 aliphatic heterocycles. The number of aryl methyl sites for hydroxylation is 1. The maximum atomic E-state index is 11.7. The van der Waals surface area contributed by atoms with E-state index in [4.69, 9.17) is 4.74 Å². The first-order valence-electron chi connectivity index (χ1n) is 5.86. The molecule has 0 amide bonds. The maximum Gasteiger partial charge on any atom is 0.338 e. The third kappa shape index (κ3) is 3.70. The average Bonchev–Trinajstić information content (AvgIpc) is 2.28. The molecule has 0 aromatic heterocycles. The number of benzene rings is 1. The lowest BCUT2D eigenvalue weighted by molar-refractivity contribution is -0.116. The molecule has 1 aromatic rings. The van der Waals surface area contributed by atoms with Crippen LogP contribution < -0.4 is 0 Å². The minimum absolute atomic E-state index is 0.0452. The molecule has 3 nitrogen and oxygen atoms in total. The van der Waals surface area contributed by atoms with Gasteiger partial charge in [-0.15, -0.1) is 0 Å². The maximum absolute atomic E-state index is 11.7. The van der Waals surface area contributed by atoms with E-state index in [2.05, 4.69) is 0 Å². The standard InChI is InChI=1S/C14H18O3/c1-4-11-6-7-13(14(16)17-5-2)12(9-11)8-10(3)15/h6-7,9H,4-5,8H2,1-3H3. The predicted molar refractivity (Wildman–Crippen MR) is 66.2 cm³/mol. The summed E-state index contributed by atoms with van der Waals surface area (Å²) in [5.41, 5.74) is 2.38. The molecule has 1 rings (SSSR count). The SMILES string of the molecule is CCOC(=O)c1ccc(CC)cc1CC(C)=O. The van der Waals surface area contributed by atoms with Crippen LogP contribution >= 0.6 is 0 Å². The topological polar surface area (TPSA) is 43.4 Å². The van der Waals surface area contributed by atoms with Gasteiger partial charge in [-0.1, -0.05) is 19.1 Å². The van der Waals surface area contributed by atoms with Crippen LogP contribution in [0, 0.1) is 0 Å². The van der Waals surface area contributed by atoms with Crippen molar-refractivity contribution in [3.63, 3.8) is 0 Å². The Kier molecular flexibility index (Phi) is 4.88. The minimum Gasteiger partial charge on any atom is -0.462 e. The molecule has 0 N–H and O–H groups in total. The molecule has 0 radical (unpaired) electrons. The molecule has 3 heteroatoms. The fourth-order valence-corrected chi connectivity index (χ4v) is 1.69. The molecular formula is C14H18O3. The molecular weight excluding hydrogens is 216 g/mol. The van der Waals surface area contributed by atoms with Crippen LogP contribution in [0.3, 0.4) is 0 Å². The van der Waals surface area contributed by atoms with Gasteiger partial charge in [0.15, 0.2) is 0 Å². The lowest BCUT2D eigenvalue weighted by atomic mass is 9.99. The van der Waals surface area contributed by atoms with E-state index in [0.29, 0.717) is 12.2 Å². The van der Waals surface area contributed by atoms with Crippen LogP contribution in [0.4, 0.5) is 0 Å². The summed E-state index contributed by atoms with van der Waals surface area (Å²) < 4.78 is 4.97. The fourth-order valence-electron chi connectivity index (χ4n) is 1.69. The van der Waals surface area contributed by atoms with Gasteiger partial charge in [0.1, 0.15) is 5.78 Å². The molecule has 0 heterocycles. The van der Waals surface area contributed by atoms with Crippen LogP contribution in [0.25, 0.3) is 0 Å². The summed E-state index contributed by atoms with van der Waals surface area (Å²) >= 11 is 0. The predicted octanol–water partition coefficient (Wildman–Crippen LogP) is 2.56. The molecule has 1 aromatic carbocycles. The van der Waals surface area contributed by atoms with Crippen molar-refractivity contribution in [2.75, 3.05) is 6.61 Å². The van der Waals surface area contributed by atoms with Gasteiger partial charge in [0.25, 0.3) is 0 Å². The fraction of sp³-hybridized carbons (Fsp3) is 0.429. The average molecular weight is 234 g/mol. The van der Waals surface area contributed by atoms with Crippen molar-refractivity contribution in [2.45, 2.75) is 33.6 Å². The summed E-state index contributed by atoms with van der Waals surface area (Å²) in [7, 11) is 0. The Bertz CT molecular complexity index is 421. The van der Waals surface area contributed by atoms with Crippen molar-refractivity contribution in [2.24, 2.45) is 0 Å². The Balaban J connectivity index is 3.09. The summed E-state index contributed by atoms with van der Waals surface area (Å²) in [5, 5.41) is 0. The van der Waals surface area contributed by atoms with Crippen LogP contribution in [0.1, 0.15) is 42.3 Å².